The third-order valence-corrected chi connectivity index (χ3v) is 17.7. The molecule has 6 rings (SSSR count). The fourth-order valence-corrected chi connectivity index (χ4v) is 14.6. The molecule has 0 unspecified atom stereocenters. The maximum Gasteiger partial charge on any atom is 0.485 e. The van der Waals surface area contributed by atoms with E-state index < -0.39 is 31.3 Å². The van der Waals surface area contributed by atoms with Crippen LogP contribution >= 0.6 is 34.4 Å². The summed E-state index contributed by atoms with van der Waals surface area (Å²) in [5.74, 6) is 3.57. The lowest BCUT2D eigenvalue weighted by atomic mass is 10.3. The Morgan fingerprint density at radius 2 is 0.623 bits per heavy atom. The second-order valence-corrected chi connectivity index (χ2v) is 26.2. The molecule has 4 aromatic carbocycles. The van der Waals surface area contributed by atoms with Crippen LogP contribution in [0.1, 0.15) is 55.4 Å². The quantitative estimate of drug-likeness (QED) is 0.0394. The number of rotatable bonds is 16. The van der Waals surface area contributed by atoms with E-state index in [1.54, 1.807) is 0 Å². The standard InChI is InChI=1S/C44H48O4S5.2CHF3O3S/c1-29(2)45-33-9-17-37(18-10-33)52(38-19-11-34(12-20-38)46-30(3)4)43-27-25-41(50-43)49-42-26-28-44(51-42)53(39-21-13-35(14-22-39)47-31(5)6)40-23-15-36(16-24-40)48-32(7)8;2*2-1(3,4)8(5,6)7/h9-32H,1-8H3;2*(H,5,6,7)/q+2;;/p-2. The van der Waals surface area contributed by atoms with E-state index in [0.29, 0.717) is 0 Å². The van der Waals surface area contributed by atoms with Gasteiger partial charge in [-0.15, -0.1) is 0 Å². The molecule has 0 aliphatic heterocycles. The number of benzene rings is 4. The minimum Gasteiger partial charge on any atom is -0.741 e. The Balaban J connectivity index is 0.000000555. The van der Waals surface area contributed by atoms with E-state index in [1.165, 1.54) is 36.4 Å². The topological polar surface area (TPSA) is 151 Å². The van der Waals surface area contributed by atoms with Crippen molar-refractivity contribution in [1.82, 2.24) is 0 Å². The van der Waals surface area contributed by atoms with E-state index in [0.717, 1.165) is 23.0 Å². The highest BCUT2D eigenvalue weighted by Crippen LogP contribution is 2.45. The molecule has 2 aromatic heterocycles. The zero-order chi connectivity index (χ0) is 51.5. The number of alkyl halides is 6. The molecule has 0 bridgehead atoms. The first-order valence-corrected chi connectivity index (χ1v) is 28.2. The van der Waals surface area contributed by atoms with E-state index >= 15 is 0 Å². The minimum absolute atomic E-state index is 0.132. The summed E-state index contributed by atoms with van der Waals surface area (Å²) in [4.78, 5) is 5.03. The summed E-state index contributed by atoms with van der Waals surface area (Å²) in [5.41, 5.74) is -11.3. The minimum atomic E-state index is -6.09. The molecule has 0 fully saturated rings. The van der Waals surface area contributed by atoms with Crippen LogP contribution in [0.3, 0.4) is 0 Å². The summed E-state index contributed by atoms with van der Waals surface area (Å²) in [5, 5.41) is 0. The van der Waals surface area contributed by atoms with Gasteiger partial charge in [-0.05, 0) is 165 Å². The highest BCUT2D eigenvalue weighted by atomic mass is 32.2. The molecule has 0 N–H and O–H groups in total. The smallest absolute Gasteiger partial charge is 0.485 e. The predicted octanol–water partition coefficient (Wildman–Crippen LogP) is 13.4. The molecule has 0 radical (unpaired) electrons. The van der Waals surface area contributed by atoms with Gasteiger partial charge in [0.15, 0.2) is 39.8 Å². The molecule has 0 amide bonds. The largest absolute Gasteiger partial charge is 0.741 e. The number of hydrogen-bond donors (Lipinski definition) is 0. The second kappa shape index (κ2) is 24.9. The SMILES string of the molecule is CC(C)Oc1ccc([S+](c2ccc(OC(C)C)cc2)c2ccc(Sc3ccc([S+](c4ccc(OC(C)C)cc4)c4ccc(OC(C)C)cc4)s3)s2)cc1.O=S(=O)([O-])C(F)(F)F.O=S(=O)([O-])C(F)(F)F. The summed E-state index contributed by atoms with van der Waals surface area (Å²) in [6.07, 6.45) is 0.529. The van der Waals surface area contributed by atoms with E-state index in [4.69, 9.17) is 44.9 Å². The summed E-state index contributed by atoms with van der Waals surface area (Å²) < 4.78 is 147. The predicted molar refractivity (Wildman–Crippen MR) is 257 cm³/mol. The molecule has 0 saturated carbocycles. The first-order valence-electron chi connectivity index (χ1n) is 20.5. The van der Waals surface area contributed by atoms with Gasteiger partial charge in [-0.2, -0.15) is 26.3 Å². The van der Waals surface area contributed by atoms with Crippen LogP contribution in [-0.2, 0) is 42.0 Å². The highest BCUT2D eigenvalue weighted by molar-refractivity contribution is 8.04. The van der Waals surface area contributed by atoms with E-state index in [-0.39, 0.29) is 46.2 Å². The van der Waals surface area contributed by atoms with Gasteiger partial charge in [-0.3, -0.25) is 0 Å². The van der Waals surface area contributed by atoms with Crippen LogP contribution in [-0.4, -0.2) is 61.4 Å². The Morgan fingerprint density at radius 3 is 0.797 bits per heavy atom. The summed E-state index contributed by atoms with van der Waals surface area (Å²) in [6, 6.07) is 43.6. The third kappa shape index (κ3) is 18.2. The first-order chi connectivity index (χ1) is 32.0. The second-order valence-electron chi connectivity index (χ2n) is 15.2. The van der Waals surface area contributed by atoms with Gasteiger partial charge in [0.1, 0.15) is 44.8 Å². The van der Waals surface area contributed by atoms with Gasteiger partial charge in [0, 0.05) is 12.1 Å². The van der Waals surface area contributed by atoms with Crippen molar-refractivity contribution in [3.63, 3.8) is 0 Å². The van der Waals surface area contributed by atoms with Crippen LogP contribution in [0.25, 0.3) is 0 Å². The Bertz CT molecular complexity index is 2440. The third-order valence-electron chi connectivity index (χ3n) is 8.01. The van der Waals surface area contributed by atoms with E-state index in [9.17, 15) is 26.3 Å². The van der Waals surface area contributed by atoms with Crippen molar-refractivity contribution in [3.05, 3.63) is 121 Å². The summed E-state index contributed by atoms with van der Waals surface area (Å²) in [6.45, 7) is 16.5. The Kier molecular flexibility index (Phi) is 20.7. The molecular formula is C46H48F6O10S7. The molecule has 69 heavy (non-hydrogen) atoms. The number of halogens is 6. The molecule has 2 heterocycles. The van der Waals surface area contributed by atoms with Crippen molar-refractivity contribution in [2.45, 2.75) is 127 Å². The van der Waals surface area contributed by atoms with E-state index in [1.807, 2.05) is 34.4 Å². The van der Waals surface area contributed by atoms with Crippen molar-refractivity contribution in [3.8, 4) is 23.0 Å². The molecule has 23 heteroatoms. The van der Waals surface area contributed by atoms with Crippen LogP contribution in [0.2, 0.25) is 0 Å². The first kappa shape index (κ1) is 57.5. The van der Waals surface area contributed by atoms with Gasteiger partial charge in [-0.1, -0.05) is 34.4 Å². The van der Waals surface area contributed by atoms with Gasteiger partial charge >= 0.3 is 11.0 Å². The molecule has 0 atom stereocenters. The van der Waals surface area contributed by atoms with Crippen LogP contribution in [0, 0.1) is 0 Å². The monoisotopic (exact) mass is 1100 g/mol. The maximum atomic E-state index is 10.7. The van der Waals surface area contributed by atoms with Crippen LogP contribution in [0.15, 0.2) is 158 Å². The summed E-state index contributed by atoms with van der Waals surface area (Å²) in [7, 11) is -12.7. The lowest BCUT2D eigenvalue weighted by Crippen LogP contribution is -2.21. The molecule has 0 spiro atoms. The summed E-state index contributed by atoms with van der Waals surface area (Å²) >= 11 is 5.59. The van der Waals surface area contributed by atoms with Gasteiger partial charge in [0.2, 0.25) is 8.42 Å². The van der Waals surface area contributed by atoms with Gasteiger partial charge in [0.25, 0.3) is 0 Å². The zero-order valence-electron chi connectivity index (χ0n) is 38.1. The van der Waals surface area contributed by atoms with Crippen molar-refractivity contribution in [2.75, 3.05) is 0 Å². The molecule has 376 valence electrons. The molecule has 10 nitrogen and oxygen atoms in total. The van der Waals surface area contributed by atoms with Gasteiger partial charge in [-0.25, -0.2) is 16.8 Å². The Labute approximate surface area is 416 Å². The average Bonchev–Trinajstić information content (AvgIpc) is 3.89. The van der Waals surface area contributed by atoms with Crippen LogP contribution in [0.4, 0.5) is 26.3 Å². The number of thiophene rings is 2. The maximum absolute atomic E-state index is 10.7. The van der Waals surface area contributed by atoms with Crippen LogP contribution < -0.4 is 18.9 Å². The molecular weight excluding hydrogens is 1050 g/mol. The molecule has 0 aliphatic rings. The fourth-order valence-electron chi connectivity index (χ4n) is 5.48. The molecule has 0 aliphatic carbocycles. The van der Waals surface area contributed by atoms with Crippen molar-refractivity contribution in [2.24, 2.45) is 0 Å². The highest BCUT2D eigenvalue weighted by Gasteiger charge is 2.38. The Hall–Kier alpha value is -4.07. The Morgan fingerprint density at radius 1 is 0.420 bits per heavy atom. The van der Waals surface area contributed by atoms with E-state index in [2.05, 4.69) is 177 Å². The van der Waals surface area contributed by atoms with Crippen LogP contribution in [0.5, 0.6) is 23.0 Å². The number of hydrogen-bond acceptors (Lipinski definition) is 13. The normalized spacial score (nSPS) is 12.3. The molecule has 6 aromatic rings. The fraction of sp³-hybridized carbons (Fsp3) is 0.304. The van der Waals surface area contributed by atoms with Gasteiger partial charge < -0.3 is 28.1 Å². The lowest BCUT2D eigenvalue weighted by Gasteiger charge is -2.12. The van der Waals surface area contributed by atoms with Gasteiger partial charge in [0.05, 0.1) is 32.8 Å². The molecule has 0 saturated heterocycles. The lowest BCUT2D eigenvalue weighted by molar-refractivity contribution is -0.0522. The zero-order valence-corrected chi connectivity index (χ0v) is 43.8. The number of ether oxygens (including phenoxy) is 4. The van der Waals surface area contributed by atoms with Crippen molar-refractivity contribution in [1.29, 1.82) is 0 Å². The van der Waals surface area contributed by atoms with Crippen molar-refractivity contribution < 1.29 is 71.2 Å². The van der Waals surface area contributed by atoms with Crippen molar-refractivity contribution >= 4 is 76.5 Å². The average molecular weight is 1100 g/mol.